The summed E-state index contributed by atoms with van der Waals surface area (Å²) in [4.78, 5) is 4.47. The Kier molecular flexibility index (Phi) is 2.89. The van der Waals surface area contributed by atoms with Gasteiger partial charge in [-0.15, -0.1) is 11.6 Å². The molecule has 0 bridgehead atoms. The minimum Gasteiger partial charge on any atom is -0.223 e. The van der Waals surface area contributed by atoms with Gasteiger partial charge in [0.2, 0.25) is 0 Å². The van der Waals surface area contributed by atoms with E-state index in [1.165, 1.54) is 0 Å². The third-order valence-corrected chi connectivity index (χ3v) is 3.90. The van der Waals surface area contributed by atoms with Crippen LogP contribution < -0.4 is 0 Å². The molecule has 0 amide bonds. The van der Waals surface area contributed by atoms with Crippen LogP contribution in [0.1, 0.15) is 13.8 Å². The van der Waals surface area contributed by atoms with E-state index in [0.29, 0.717) is 5.88 Å². The number of fused-ring (bicyclic) bond motifs is 1. The molecule has 0 saturated carbocycles. The Morgan fingerprint density at radius 3 is 3.00 bits per heavy atom. The number of halogens is 1. The Hall–Kier alpha value is -0.740. The molecule has 2 rings (SSSR count). The number of nitrogens with zero attached hydrogens (tertiary/aromatic N) is 3. The number of thioether (sulfide) groups is 1. The van der Waals surface area contributed by atoms with Crippen LogP contribution in [0, 0.1) is 0 Å². The van der Waals surface area contributed by atoms with E-state index in [1.807, 2.05) is 18.3 Å². The van der Waals surface area contributed by atoms with Crippen molar-refractivity contribution in [1.29, 1.82) is 0 Å². The normalized spacial score (nSPS) is 12.2. The first-order chi connectivity index (χ1) is 7.11. The van der Waals surface area contributed by atoms with E-state index in [2.05, 4.69) is 23.9 Å². The van der Waals surface area contributed by atoms with E-state index in [4.69, 9.17) is 11.6 Å². The van der Waals surface area contributed by atoms with Crippen molar-refractivity contribution >= 4 is 29.0 Å². The molecule has 0 aliphatic rings. The Morgan fingerprint density at radius 1 is 1.47 bits per heavy atom. The first-order valence-electron chi connectivity index (χ1n) is 4.66. The maximum Gasteiger partial charge on any atom is 0.156 e. The third kappa shape index (κ3) is 2.44. The van der Waals surface area contributed by atoms with E-state index in [9.17, 15) is 0 Å². The van der Waals surface area contributed by atoms with Crippen LogP contribution in [-0.4, -0.2) is 25.2 Å². The lowest BCUT2D eigenvalue weighted by Crippen LogP contribution is -2.16. The summed E-state index contributed by atoms with van der Waals surface area (Å²) in [7, 11) is 0. The van der Waals surface area contributed by atoms with E-state index in [1.54, 1.807) is 22.5 Å². The zero-order valence-corrected chi connectivity index (χ0v) is 10.2. The number of alkyl halides is 1. The lowest BCUT2D eigenvalue weighted by Gasteiger charge is -2.19. The van der Waals surface area contributed by atoms with Crippen LogP contribution in [0.2, 0.25) is 0 Å². The van der Waals surface area contributed by atoms with Crippen molar-refractivity contribution in [3.63, 3.8) is 0 Å². The highest BCUT2D eigenvalue weighted by atomic mass is 35.5. The molecular weight excluding hydrogens is 230 g/mol. The number of hydrogen-bond acceptors (Lipinski definition) is 3. The zero-order valence-electron chi connectivity index (χ0n) is 8.64. The van der Waals surface area contributed by atoms with Crippen LogP contribution in [0.25, 0.3) is 5.65 Å². The van der Waals surface area contributed by atoms with Gasteiger partial charge >= 0.3 is 0 Å². The van der Waals surface area contributed by atoms with E-state index in [-0.39, 0.29) is 4.75 Å². The van der Waals surface area contributed by atoms with Crippen molar-refractivity contribution in [3.8, 4) is 0 Å². The van der Waals surface area contributed by atoms with Gasteiger partial charge < -0.3 is 0 Å². The summed E-state index contributed by atoms with van der Waals surface area (Å²) in [6, 6.07) is 3.84. The SMILES string of the molecule is CC(C)(CCl)Sc1ccn2nccc2n1. The second-order valence-electron chi connectivity index (χ2n) is 3.90. The second kappa shape index (κ2) is 4.02. The highest BCUT2D eigenvalue weighted by Crippen LogP contribution is 2.31. The molecule has 0 N–H and O–H groups in total. The quantitative estimate of drug-likeness (QED) is 0.470. The average molecular weight is 242 g/mol. The molecule has 80 valence electrons. The van der Waals surface area contributed by atoms with Gasteiger partial charge in [0.05, 0.1) is 6.20 Å². The van der Waals surface area contributed by atoms with Gasteiger partial charge in [0.25, 0.3) is 0 Å². The van der Waals surface area contributed by atoms with Crippen LogP contribution >= 0.6 is 23.4 Å². The van der Waals surface area contributed by atoms with E-state index < -0.39 is 0 Å². The summed E-state index contributed by atoms with van der Waals surface area (Å²) in [6.07, 6.45) is 3.65. The topological polar surface area (TPSA) is 30.2 Å². The summed E-state index contributed by atoms with van der Waals surface area (Å²) < 4.78 is 1.75. The highest BCUT2D eigenvalue weighted by molar-refractivity contribution is 8.00. The first kappa shape index (κ1) is 10.8. The standard InChI is InChI=1S/C10H12ClN3S/c1-10(2,7-11)15-9-4-6-14-8(13-9)3-5-12-14/h3-6H,7H2,1-2H3. The number of rotatable bonds is 3. The van der Waals surface area contributed by atoms with Gasteiger partial charge in [-0.3, -0.25) is 0 Å². The van der Waals surface area contributed by atoms with Gasteiger partial charge in [-0.05, 0) is 19.9 Å². The summed E-state index contributed by atoms with van der Waals surface area (Å²) >= 11 is 7.55. The average Bonchev–Trinajstić information content (AvgIpc) is 2.64. The van der Waals surface area contributed by atoms with Gasteiger partial charge in [-0.25, -0.2) is 9.50 Å². The molecular formula is C10H12ClN3S. The van der Waals surface area contributed by atoms with Crippen LogP contribution in [0.3, 0.4) is 0 Å². The van der Waals surface area contributed by atoms with Crippen molar-refractivity contribution in [3.05, 3.63) is 24.5 Å². The summed E-state index contributed by atoms with van der Waals surface area (Å²) in [5, 5.41) is 5.08. The fourth-order valence-corrected chi connectivity index (χ4v) is 2.21. The van der Waals surface area contributed by atoms with Crippen molar-refractivity contribution < 1.29 is 0 Å². The first-order valence-corrected chi connectivity index (χ1v) is 6.01. The molecule has 15 heavy (non-hydrogen) atoms. The van der Waals surface area contributed by atoms with Gasteiger partial charge in [0.1, 0.15) is 5.03 Å². The number of aromatic nitrogens is 3. The second-order valence-corrected chi connectivity index (χ2v) is 5.89. The van der Waals surface area contributed by atoms with Crippen LogP contribution in [0.4, 0.5) is 0 Å². The molecule has 0 aliphatic heterocycles. The minimum atomic E-state index is 0.00687. The summed E-state index contributed by atoms with van der Waals surface area (Å²) in [5.41, 5.74) is 0.866. The highest BCUT2D eigenvalue weighted by Gasteiger charge is 2.18. The molecule has 2 aromatic heterocycles. The minimum absolute atomic E-state index is 0.00687. The Morgan fingerprint density at radius 2 is 2.27 bits per heavy atom. The molecule has 3 nitrogen and oxygen atoms in total. The van der Waals surface area contributed by atoms with Crippen LogP contribution in [0.5, 0.6) is 0 Å². The van der Waals surface area contributed by atoms with Gasteiger partial charge in [-0.1, -0.05) is 11.8 Å². The predicted octanol–water partition coefficient (Wildman–Crippen LogP) is 2.84. The van der Waals surface area contributed by atoms with Gasteiger partial charge in [-0.2, -0.15) is 5.10 Å². The number of hydrogen-bond donors (Lipinski definition) is 0. The maximum absolute atomic E-state index is 5.87. The monoisotopic (exact) mass is 241 g/mol. The summed E-state index contributed by atoms with van der Waals surface area (Å²) in [5.74, 6) is 0.601. The van der Waals surface area contributed by atoms with Crippen molar-refractivity contribution in [2.45, 2.75) is 23.6 Å². The Balaban J connectivity index is 2.28. The molecule has 5 heteroatoms. The molecule has 0 atom stereocenters. The molecule has 0 aromatic carbocycles. The summed E-state index contributed by atoms with van der Waals surface area (Å²) in [6.45, 7) is 4.21. The van der Waals surface area contributed by atoms with E-state index >= 15 is 0 Å². The fourth-order valence-electron chi connectivity index (χ4n) is 1.16. The molecule has 2 heterocycles. The van der Waals surface area contributed by atoms with Crippen LogP contribution in [0.15, 0.2) is 29.6 Å². The molecule has 0 aliphatic carbocycles. The lowest BCUT2D eigenvalue weighted by molar-refractivity contribution is 0.806. The predicted molar refractivity (Wildman–Crippen MR) is 63.6 cm³/mol. The molecule has 0 saturated heterocycles. The van der Waals surface area contributed by atoms with Gasteiger partial charge in [0, 0.05) is 22.9 Å². The van der Waals surface area contributed by atoms with Crippen molar-refractivity contribution in [1.82, 2.24) is 14.6 Å². The molecule has 0 radical (unpaired) electrons. The fraction of sp³-hybridized carbons (Fsp3) is 0.400. The Labute approximate surface area is 97.8 Å². The van der Waals surface area contributed by atoms with Crippen molar-refractivity contribution in [2.24, 2.45) is 0 Å². The van der Waals surface area contributed by atoms with E-state index in [0.717, 1.165) is 10.7 Å². The zero-order chi connectivity index (χ0) is 10.9. The largest absolute Gasteiger partial charge is 0.223 e. The molecule has 0 spiro atoms. The van der Waals surface area contributed by atoms with Crippen LogP contribution in [-0.2, 0) is 0 Å². The molecule has 0 unspecified atom stereocenters. The van der Waals surface area contributed by atoms with Gasteiger partial charge in [0.15, 0.2) is 5.65 Å². The Bertz CT molecular complexity index is 466. The lowest BCUT2D eigenvalue weighted by atomic mass is 10.2. The maximum atomic E-state index is 5.87. The molecule has 0 fully saturated rings. The third-order valence-electron chi connectivity index (χ3n) is 1.94. The smallest absolute Gasteiger partial charge is 0.156 e. The molecule has 2 aromatic rings. The van der Waals surface area contributed by atoms with Crippen molar-refractivity contribution in [2.75, 3.05) is 5.88 Å².